The zero-order chi connectivity index (χ0) is 14.9. The number of carboxylic acids is 1. The van der Waals surface area contributed by atoms with Crippen molar-refractivity contribution < 1.29 is 18.5 Å². The molecule has 2 aromatic heterocycles. The molecule has 6 nitrogen and oxygen atoms in total. The first-order valence-corrected chi connectivity index (χ1v) is 7.55. The van der Waals surface area contributed by atoms with Gasteiger partial charge >= 0.3 is 5.97 Å². The van der Waals surface area contributed by atoms with E-state index in [4.69, 9.17) is 21.1 Å². The zero-order valence-corrected chi connectivity index (χ0v) is 12.5. The molecule has 1 atom stereocenters. The number of hydrogen-bond acceptors (Lipinski definition) is 4. The zero-order valence-electron chi connectivity index (χ0n) is 10.9. The molecule has 0 saturated heterocycles. The van der Waals surface area contributed by atoms with E-state index in [-0.39, 0.29) is 16.6 Å². The number of nitrogens with zero attached hydrogens (tertiary/aromatic N) is 2. The van der Waals surface area contributed by atoms with Gasteiger partial charge in [-0.05, 0) is 18.6 Å². The molecule has 0 amide bonds. The lowest BCUT2D eigenvalue weighted by Crippen LogP contribution is -2.03. The van der Waals surface area contributed by atoms with Crippen molar-refractivity contribution in [3.63, 3.8) is 0 Å². The van der Waals surface area contributed by atoms with E-state index in [1.54, 1.807) is 11.7 Å². The van der Waals surface area contributed by atoms with Crippen LogP contribution in [0.15, 0.2) is 21.6 Å². The van der Waals surface area contributed by atoms with Crippen molar-refractivity contribution >= 4 is 28.4 Å². The molecule has 0 radical (unpaired) electrons. The molecule has 0 spiro atoms. The van der Waals surface area contributed by atoms with Crippen LogP contribution in [0.5, 0.6) is 0 Å². The summed E-state index contributed by atoms with van der Waals surface area (Å²) in [5, 5.41) is 13.6. The normalized spacial score (nSPS) is 12.6. The van der Waals surface area contributed by atoms with Gasteiger partial charge in [-0.1, -0.05) is 18.5 Å². The minimum atomic E-state index is -1.51. The van der Waals surface area contributed by atoms with Crippen molar-refractivity contribution in [2.24, 2.45) is 7.05 Å². The number of halogens is 1. The van der Waals surface area contributed by atoms with Crippen molar-refractivity contribution in [2.75, 3.05) is 0 Å². The van der Waals surface area contributed by atoms with Crippen LogP contribution >= 0.6 is 11.6 Å². The van der Waals surface area contributed by atoms with E-state index in [2.05, 4.69) is 5.10 Å². The molecule has 2 heterocycles. The van der Waals surface area contributed by atoms with Crippen LogP contribution in [-0.4, -0.2) is 25.1 Å². The lowest BCUT2D eigenvalue weighted by molar-refractivity contribution is 0.0656. The van der Waals surface area contributed by atoms with Gasteiger partial charge in [-0.3, -0.25) is 8.89 Å². The fourth-order valence-electron chi connectivity index (χ4n) is 1.73. The Morgan fingerprint density at radius 1 is 1.55 bits per heavy atom. The van der Waals surface area contributed by atoms with Crippen LogP contribution in [-0.2, 0) is 30.0 Å². The predicted octanol–water partition coefficient (Wildman–Crippen LogP) is 2.23. The van der Waals surface area contributed by atoms with Gasteiger partial charge in [0.05, 0.1) is 33.0 Å². The van der Waals surface area contributed by atoms with Gasteiger partial charge in [-0.2, -0.15) is 5.10 Å². The van der Waals surface area contributed by atoms with Crippen LogP contribution in [0.2, 0.25) is 5.02 Å². The second-order valence-electron chi connectivity index (χ2n) is 4.10. The summed E-state index contributed by atoms with van der Waals surface area (Å²) in [7, 11) is 0.210. The molecule has 0 saturated carbocycles. The summed E-state index contributed by atoms with van der Waals surface area (Å²) in [6, 6.07) is 2.67. The molecule has 1 unspecified atom stereocenters. The van der Waals surface area contributed by atoms with Crippen LogP contribution in [0.1, 0.15) is 28.9 Å². The molecule has 108 valence electrons. The minimum Gasteiger partial charge on any atom is -0.475 e. The number of carboxylic acid groups (broad SMARTS) is 1. The third kappa shape index (κ3) is 2.78. The summed E-state index contributed by atoms with van der Waals surface area (Å²) in [5.41, 5.74) is 1.38. The van der Waals surface area contributed by atoms with E-state index >= 15 is 0 Å². The second-order valence-corrected chi connectivity index (χ2v) is 5.86. The summed E-state index contributed by atoms with van der Waals surface area (Å²) in [4.78, 5) is 10.7. The summed E-state index contributed by atoms with van der Waals surface area (Å²) < 4.78 is 18.8. The van der Waals surface area contributed by atoms with Crippen LogP contribution < -0.4 is 0 Å². The lowest BCUT2D eigenvalue weighted by Gasteiger charge is -2.01. The third-order valence-corrected chi connectivity index (χ3v) is 4.43. The average molecular weight is 317 g/mol. The average Bonchev–Trinajstić information content (AvgIpc) is 2.98. The quantitative estimate of drug-likeness (QED) is 0.914. The van der Waals surface area contributed by atoms with E-state index in [1.165, 1.54) is 12.1 Å². The van der Waals surface area contributed by atoms with E-state index in [9.17, 15) is 9.00 Å². The highest BCUT2D eigenvalue weighted by Gasteiger charge is 2.19. The van der Waals surface area contributed by atoms with Gasteiger partial charge in [-0.15, -0.1) is 0 Å². The Morgan fingerprint density at radius 3 is 2.75 bits per heavy atom. The molecule has 0 aliphatic carbocycles. The van der Waals surface area contributed by atoms with Gasteiger partial charge in [0, 0.05) is 7.05 Å². The van der Waals surface area contributed by atoms with Crippen LogP contribution in [0.3, 0.4) is 0 Å². The van der Waals surface area contributed by atoms with E-state index < -0.39 is 16.8 Å². The monoisotopic (exact) mass is 316 g/mol. The summed E-state index contributed by atoms with van der Waals surface area (Å²) in [5.74, 6) is -1.31. The van der Waals surface area contributed by atoms with Crippen LogP contribution in [0, 0.1) is 0 Å². The number of aryl methyl sites for hydroxylation is 2. The maximum atomic E-state index is 12.2. The molecule has 0 bridgehead atoms. The van der Waals surface area contributed by atoms with Gasteiger partial charge in [-0.25, -0.2) is 4.79 Å². The molecule has 0 aliphatic rings. The van der Waals surface area contributed by atoms with Crippen molar-refractivity contribution in [1.29, 1.82) is 0 Å². The lowest BCUT2D eigenvalue weighted by atomic mass is 10.3. The molecule has 20 heavy (non-hydrogen) atoms. The van der Waals surface area contributed by atoms with Crippen molar-refractivity contribution in [3.05, 3.63) is 34.3 Å². The van der Waals surface area contributed by atoms with Gasteiger partial charge in [0.25, 0.3) is 0 Å². The second kappa shape index (κ2) is 5.80. The highest BCUT2D eigenvalue weighted by molar-refractivity contribution is 7.84. The summed E-state index contributed by atoms with van der Waals surface area (Å²) in [6.07, 6.45) is 0.684. The van der Waals surface area contributed by atoms with Gasteiger partial charge in [0.15, 0.2) is 5.09 Å². The number of furan rings is 1. The molecular weight excluding hydrogens is 304 g/mol. The Hall–Kier alpha value is -1.60. The Balaban J connectivity index is 2.23. The number of aromatic nitrogens is 2. The highest BCUT2D eigenvalue weighted by atomic mass is 35.5. The Kier molecular flexibility index (Phi) is 4.29. The van der Waals surface area contributed by atoms with Gasteiger partial charge < -0.3 is 9.52 Å². The molecule has 0 aromatic carbocycles. The highest BCUT2D eigenvalue weighted by Crippen LogP contribution is 2.24. The molecular formula is C12H13ClN2O4S. The first-order chi connectivity index (χ1) is 9.43. The standard InChI is InChI=1S/C12H13ClN2O4S/c1-3-7-11(13)8(15(2)14-7)6-20(18)10-5-4-9(19-10)12(16)17/h4-5H,3,6H2,1-2H3,(H,16,17). The fraction of sp³-hybridized carbons (Fsp3) is 0.333. The number of hydrogen-bond donors (Lipinski definition) is 1. The molecule has 2 rings (SSSR count). The van der Waals surface area contributed by atoms with Crippen LogP contribution in [0.25, 0.3) is 0 Å². The topological polar surface area (TPSA) is 85.3 Å². The third-order valence-electron chi connectivity index (χ3n) is 2.79. The number of aromatic carboxylic acids is 1. The van der Waals surface area contributed by atoms with Gasteiger partial charge in [0.2, 0.25) is 5.76 Å². The summed E-state index contributed by atoms with van der Waals surface area (Å²) >= 11 is 6.17. The van der Waals surface area contributed by atoms with E-state index in [0.29, 0.717) is 17.1 Å². The largest absolute Gasteiger partial charge is 0.475 e. The SMILES string of the molecule is CCc1nn(C)c(CS(=O)c2ccc(C(=O)O)o2)c1Cl. The molecule has 0 fully saturated rings. The summed E-state index contributed by atoms with van der Waals surface area (Å²) in [6.45, 7) is 1.93. The Bertz CT molecular complexity index is 677. The molecule has 8 heteroatoms. The van der Waals surface area contributed by atoms with Crippen molar-refractivity contribution in [3.8, 4) is 0 Å². The maximum Gasteiger partial charge on any atom is 0.371 e. The smallest absolute Gasteiger partial charge is 0.371 e. The van der Waals surface area contributed by atoms with Gasteiger partial charge in [0.1, 0.15) is 0 Å². The Morgan fingerprint density at radius 2 is 2.25 bits per heavy atom. The number of carbonyl (C=O) groups is 1. The van der Waals surface area contributed by atoms with Crippen molar-refractivity contribution in [1.82, 2.24) is 9.78 Å². The predicted molar refractivity (Wildman–Crippen MR) is 73.4 cm³/mol. The number of rotatable bonds is 5. The molecule has 0 aliphatic heterocycles. The first kappa shape index (κ1) is 14.8. The minimum absolute atomic E-state index is 0.109. The maximum absolute atomic E-state index is 12.2. The van der Waals surface area contributed by atoms with E-state index in [1.807, 2.05) is 6.92 Å². The molecule has 2 aromatic rings. The molecule has 1 N–H and O–H groups in total. The van der Waals surface area contributed by atoms with Crippen LogP contribution in [0.4, 0.5) is 0 Å². The van der Waals surface area contributed by atoms with Crippen molar-refractivity contribution in [2.45, 2.75) is 24.2 Å². The first-order valence-electron chi connectivity index (χ1n) is 5.85. The van der Waals surface area contributed by atoms with E-state index in [0.717, 1.165) is 5.69 Å². The Labute approximate surface area is 122 Å². The fourth-order valence-corrected chi connectivity index (χ4v) is 3.29.